The average Bonchev–Trinajstić information content (AvgIpc) is 3.15. The van der Waals surface area contributed by atoms with Crippen LogP contribution in [0.2, 0.25) is 5.02 Å². The summed E-state index contributed by atoms with van der Waals surface area (Å²) in [7, 11) is -0.659. The van der Waals surface area contributed by atoms with E-state index in [1.54, 1.807) is 20.3 Å². The van der Waals surface area contributed by atoms with Crippen LogP contribution in [0.5, 0.6) is 5.75 Å². The Labute approximate surface area is 272 Å². The summed E-state index contributed by atoms with van der Waals surface area (Å²) in [6.07, 6.45) is 10.2. The van der Waals surface area contributed by atoms with Crippen molar-refractivity contribution in [3.05, 3.63) is 70.3 Å². The Morgan fingerprint density at radius 1 is 1.16 bits per heavy atom. The topological polar surface area (TPSA) is 94.2 Å². The highest BCUT2D eigenvalue weighted by atomic mass is 35.5. The highest BCUT2D eigenvalue weighted by molar-refractivity contribution is 7.90. The largest absolute Gasteiger partial charge is 0.490 e. The summed E-state index contributed by atoms with van der Waals surface area (Å²) >= 11 is 6.42. The second kappa shape index (κ2) is 13.3. The second-order valence-electron chi connectivity index (χ2n) is 13.4. The molecule has 0 unspecified atom stereocenters. The first-order valence-corrected chi connectivity index (χ1v) is 18.1. The van der Waals surface area contributed by atoms with Crippen molar-refractivity contribution in [1.82, 2.24) is 4.72 Å². The highest BCUT2D eigenvalue weighted by Gasteiger charge is 2.44. The van der Waals surface area contributed by atoms with E-state index in [1.165, 1.54) is 11.1 Å². The van der Waals surface area contributed by atoms with Crippen molar-refractivity contribution < 1.29 is 27.4 Å². The van der Waals surface area contributed by atoms with E-state index in [0.717, 1.165) is 55.9 Å². The van der Waals surface area contributed by atoms with Gasteiger partial charge in [-0.1, -0.05) is 29.8 Å². The number of anilines is 1. The smallest absolute Gasteiger partial charge is 0.264 e. The molecule has 8 nitrogen and oxygen atoms in total. The van der Waals surface area contributed by atoms with Crippen LogP contribution in [-0.4, -0.2) is 65.7 Å². The third-order valence-corrected chi connectivity index (χ3v) is 12.6. The number of amides is 1. The Hall–Kier alpha value is -2.59. The molecule has 2 aliphatic carbocycles. The molecule has 1 saturated carbocycles. The summed E-state index contributed by atoms with van der Waals surface area (Å²) in [6.45, 7) is 3.88. The number of nitrogens with one attached hydrogen (secondary N) is 1. The molecule has 2 aromatic rings. The predicted octanol–water partition coefficient (Wildman–Crippen LogP) is 6.06. The van der Waals surface area contributed by atoms with Crippen LogP contribution in [0.25, 0.3) is 0 Å². The van der Waals surface area contributed by atoms with Crippen LogP contribution in [-0.2, 0) is 31.3 Å². The molecule has 1 amide bonds. The maximum absolute atomic E-state index is 13.6. The molecule has 1 N–H and O–H groups in total. The van der Waals surface area contributed by atoms with Gasteiger partial charge >= 0.3 is 0 Å². The van der Waals surface area contributed by atoms with Crippen molar-refractivity contribution in [2.75, 3.05) is 38.8 Å². The number of carbonyl (C=O) groups is 1. The van der Waals surface area contributed by atoms with Gasteiger partial charge < -0.3 is 19.1 Å². The molecule has 10 heteroatoms. The third-order valence-electron chi connectivity index (χ3n) is 10.6. The van der Waals surface area contributed by atoms with E-state index < -0.39 is 21.2 Å². The summed E-state index contributed by atoms with van der Waals surface area (Å²) in [4.78, 5) is 16.0. The lowest BCUT2D eigenvalue weighted by Crippen LogP contribution is -2.49. The molecule has 0 radical (unpaired) electrons. The Bertz CT molecular complexity index is 1550. The van der Waals surface area contributed by atoms with Crippen LogP contribution in [0.15, 0.2) is 48.6 Å². The molecule has 0 saturated heterocycles. The number of rotatable bonds is 4. The van der Waals surface area contributed by atoms with Gasteiger partial charge in [0, 0.05) is 43.3 Å². The van der Waals surface area contributed by atoms with Crippen molar-refractivity contribution in [2.45, 2.75) is 81.2 Å². The molecular weight excluding hydrogens is 612 g/mol. The van der Waals surface area contributed by atoms with Crippen LogP contribution < -0.4 is 14.4 Å². The molecule has 2 aromatic carbocycles. The van der Waals surface area contributed by atoms with E-state index >= 15 is 0 Å². The van der Waals surface area contributed by atoms with Gasteiger partial charge in [-0.3, -0.25) is 4.79 Å². The molecule has 45 heavy (non-hydrogen) atoms. The van der Waals surface area contributed by atoms with Crippen molar-refractivity contribution in [2.24, 2.45) is 11.8 Å². The van der Waals surface area contributed by atoms with E-state index in [2.05, 4.69) is 27.8 Å². The number of hydrogen-bond acceptors (Lipinski definition) is 7. The molecule has 244 valence electrons. The van der Waals surface area contributed by atoms with Crippen molar-refractivity contribution >= 4 is 33.2 Å². The molecule has 0 aromatic heterocycles. The summed E-state index contributed by atoms with van der Waals surface area (Å²) in [5.74, 6) is 0.823. The maximum Gasteiger partial charge on any atom is 0.264 e. The molecule has 2 heterocycles. The van der Waals surface area contributed by atoms with E-state index in [4.69, 9.17) is 25.8 Å². The molecule has 6 atom stereocenters. The standard InChI is InChI=1S/C35H45ClN2O6S/c1-23(42-2)17-28-8-4-5-9-32(43-3)29-13-10-26(29)20-38-21-35(16-6-7-24-18-27(36)12-14-30(24)35)22-44-33-15-11-25(19-31(33)38)34(39)37-45(28,40)41/h5,9,11-12,14-15,18-19,23,26,28-29,32H,4,6-8,10,13,16-17,20-22H2,1-3H3,(H,37,39)/b9-5-/t23-,26+,28+,29-,32+,35+/m1/s1. The number of nitrogens with zero attached hydrogens (tertiary/aromatic N) is 1. The molecule has 6 rings (SSSR count). The lowest BCUT2D eigenvalue weighted by Gasteiger charge is -2.46. The minimum Gasteiger partial charge on any atom is -0.490 e. The Morgan fingerprint density at radius 2 is 2.00 bits per heavy atom. The molecule has 2 bridgehead atoms. The number of hydrogen-bond donors (Lipinski definition) is 1. The van der Waals surface area contributed by atoms with Gasteiger partial charge in [0.2, 0.25) is 10.0 Å². The fraction of sp³-hybridized carbons (Fsp3) is 0.571. The summed E-state index contributed by atoms with van der Waals surface area (Å²) in [6, 6.07) is 11.5. The van der Waals surface area contributed by atoms with Gasteiger partial charge in [-0.2, -0.15) is 0 Å². The number of allylic oxidation sites excluding steroid dienone is 1. The first-order valence-electron chi connectivity index (χ1n) is 16.2. The van der Waals surface area contributed by atoms with Crippen LogP contribution >= 0.6 is 11.6 Å². The van der Waals surface area contributed by atoms with Gasteiger partial charge in [0.15, 0.2) is 0 Å². The monoisotopic (exact) mass is 656 g/mol. The molecular formula is C35H45ClN2O6S. The number of carbonyl (C=O) groups excluding carboxylic acids is 1. The summed E-state index contributed by atoms with van der Waals surface area (Å²) in [5, 5.41) is -0.0408. The number of benzene rings is 2. The fourth-order valence-corrected chi connectivity index (χ4v) is 9.55. The quantitative estimate of drug-likeness (QED) is 0.400. The zero-order valence-corrected chi connectivity index (χ0v) is 28.0. The molecule has 1 fully saturated rings. The van der Waals surface area contributed by atoms with Gasteiger partial charge in [-0.15, -0.1) is 0 Å². The summed E-state index contributed by atoms with van der Waals surface area (Å²) in [5.41, 5.74) is 3.43. The van der Waals surface area contributed by atoms with Gasteiger partial charge in [0.1, 0.15) is 5.75 Å². The van der Waals surface area contributed by atoms with E-state index in [-0.39, 0.29) is 24.0 Å². The lowest BCUT2D eigenvalue weighted by molar-refractivity contribution is 0.0131. The van der Waals surface area contributed by atoms with Gasteiger partial charge in [-0.05, 0) is 112 Å². The van der Waals surface area contributed by atoms with Crippen LogP contribution in [0.1, 0.15) is 73.4 Å². The number of methoxy groups -OCH3 is 2. The van der Waals surface area contributed by atoms with E-state index in [1.807, 2.05) is 31.2 Å². The average molecular weight is 657 g/mol. The minimum absolute atomic E-state index is 0.0511. The van der Waals surface area contributed by atoms with E-state index in [0.29, 0.717) is 42.6 Å². The van der Waals surface area contributed by atoms with Gasteiger partial charge in [0.05, 0.1) is 29.8 Å². The second-order valence-corrected chi connectivity index (χ2v) is 15.8. The minimum atomic E-state index is -3.98. The van der Waals surface area contributed by atoms with Gasteiger partial charge in [0.25, 0.3) is 5.91 Å². The Balaban J connectivity index is 1.41. The normalized spacial score (nSPS) is 30.9. The third kappa shape index (κ3) is 6.64. The number of sulfonamides is 1. The SMILES string of the molecule is CO[C@H](C)C[C@@H]1CC/C=C\[C@H](OC)[C@@H]2CC[C@H]2CN2C[C@@]3(CCCc4cc(Cl)ccc43)COc3ccc(cc32)C(=O)NS1(=O)=O. The Kier molecular flexibility index (Phi) is 9.53. The van der Waals surface area contributed by atoms with Crippen molar-refractivity contribution in [3.63, 3.8) is 0 Å². The van der Waals surface area contributed by atoms with Crippen LogP contribution in [0, 0.1) is 11.8 Å². The Morgan fingerprint density at radius 3 is 2.76 bits per heavy atom. The molecule has 4 aliphatic rings. The first-order chi connectivity index (χ1) is 21.6. The number of fused-ring (bicyclic) bond motifs is 4. The zero-order chi connectivity index (χ0) is 31.8. The molecule has 1 spiro atoms. The van der Waals surface area contributed by atoms with Gasteiger partial charge in [-0.25, -0.2) is 13.1 Å². The van der Waals surface area contributed by atoms with Crippen molar-refractivity contribution in [3.8, 4) is 5.75 Å². The van der Waals surface area contributed by atoms with Crippen LogP contribution in [0.3, 0.4) is 0 Å². The summed E-state index contributed by atoms with van der Waals surface area (Å²) < 4.78 is 47.6. The van der Waals surface area contributed by atoms with Crippen LogP contribution in [0.4, 0.5) is 5.69 Å². The lowest BCUT2D eigenvalue weighted by atomic mass is 9.68. The van der Waals surface area contributed by atoms with Crippen molar-refractivity contribution in [1.29, 1.82) is 0 Å². The zero-order valence-electron chi connectivity index (χ0n) is 26.5. The number of aryl methyl sites for hydroxylation is 1. The number of halogens is 1. The first kappa shape index (κ1) is 32.4. The highest BCUT2D eigenvalue weighted by Crippen LogP contribution is 2.47. The fourth-order valence-electron chi connectivity index (χ4n) is 7.84. The molecule has 2 aliphatic heterocycles. The predicted molar refractivity (Wildman–Crippen MR) is 177 cm³/mol. The van der Waals surface area contributed by atoms with E-state index in [9.17, 15) is 13.2 Å². The number of ether oxygens (including phenoxy) is 3. The maximum atomic E-state index is 13.6.